The molecule has 3 aliphatic rings. The number of rotatable bonds is 21. The molecule has 21 heteroatoms. The summed E-state index contributed by atoms with van der Waals surface area (Å²) < 4.78 is 27.3. The maximum absolute atomic E-state index is 14.1. The number of fused-ring (bicyclic) bond motifs is 1. The fraction of sp³-hybridized carbons (Fsp3) is 0.464. The summed E-state index contributed by atoms with van der Waals surface area (Å²) in [6.07, 6.45) is 2.92. The Morgan fingerprint density at radius 2 is 1.65 bits per heavy atom. The molecule has 408 valence electrons. The number of aliphatic hydroxyl groups is 1. The first-order valence-corrected chi connectivity index (χ1v) is 27.4. The molecule has 0 radical (unpaired) electrons. The zero-order valence-corrected chi connectivity index (χ0v) is 45.0. The number of piperazine rings is 1. The van der Waals surface area contributed by atoms with Gasteiger partial charge in [-0.05, 0) is 78.3 Å². The van der Waals surface area contributed by atoms with Gasteiger partial charge in [-0.3, -0.25) is 24.1 Å². The minimum absolute atomic E-state index is 0.00403. The van der Waals surface area contributed by atoms with Crippen LogP contribution in [0.2, 0.25) is 0 Å². The molecule has 4 amide bonds. The molecule has 7 heterocycles. The SMILES string of the molecule is Cc1ncsc1-c1ccc(CNC(=O)[C@@H]2C[C@@H](O)CN2C(=O)[C@@H](NC(=O)CCOCCOCCNC(=O)CN2CCN(c3cccc(-c4cnc5ccc(N6CCC[C@@H]6c6cccc(F)c6)nn45)n3)CC2)C(C)(C)C)cc1. The lowest BCUT2D eigenvalue weighted by Gasteiger charge is -2.35. The summed E-state index contributed by atoms with van der Waals surface area (Å²) in [5.41, 5.74) is 7.19. The Bertz CT molecular complexity index is 3000. The van der Waals surface area contributed by atoms with Crippen molar-refractivity contribution in [3.8, 4) is 21.8 Å². The number of nitrogens with zero attached hydrogens (tertiary/aromatic N) is 9. The fourth-order valence-corrected chi connectivity index (χ4v) is 11.0. The van der Waals surface area contributed by atoms with E-state index in [-0.39, 0.29) is 81.9 Å². The highest BCUT2D eigenvalue weighted by Gasteiger charge is 2.44. The fourth-order valence-electron chi connectivity index (χ4n) is 10.2. The van der Waals surface area contributed by atoms with Crippen molar-refractivity contribution in [2.24, 2.45) is 5.41 Å². The van der Waals surface area contributed by atoms with Gasteiger partial charge in [0.25, 0.3) is 0 Å². The molecule has 77 heavy (non-hydrogen) atoms. The van der Waals surface area contributed by atoms with Crippen LogP contribution in [0, 0.1) is 18.2 Å². The average molecular weight is 1070 g/mol. The summed E-state index contributed by atoms with van der Waals surface area (Å²) >= 11 is 1.57. The Labute approximate surface area is 452 Å². The maximum atomic E-state index is 14.1. The van der Waals surface area contributed by atoms with Gasteiger partial charge in [0.15, 0.2) is 5.65 Å². The molecule has 0 bridgehead atoms. The number of halogens is 1. The zero-order chi connectivity index (χ0) is 54.1. The number of likely N-dealkylation sites (tertiary alicyclic amines) is 1. The molecule has 9 rings (SSSR count). The minimum atomic E-state index is -0.947. The molecule has 0 spiro atoms. The van der Waals surface area contributed by atoms with Gasteiger partial charge in [0.05, 0.1) is 73.1 Å². The number of β-amino-alcohol motifs (C(OH)–C–C–N with tert-alkyl or cyclic N) is 1. The lowest BCUT2D eigenvalue weighted by Crippen LogP contribution is -2.57. The second kappa shape index (κ2) is 25.0. The van der Waals surface area contributed by atoms with Crippen molar-refractivity contribution in [1.29, 1.82) is 0 Å². The number of aromatic nitrogens is 5. The van der Waals surface area contributed by atoms with E-state index < -0.39 is 29.5 Å². The van der Waals surface area contributed by atoms with Crippen molar-refractivity contribution < 1.29 is 38.1 Å². The number of nitrogens with one attached hydrogen (secondary N) is 3. The number of hydrogen-bond donors (Lipinski definition) is 4. The van der Waals surface area contributed by atoms with E-state index in [9.17, 15) is 28.7 Å². The van der Waals surface area contributed by atoms with E-state index >= 15 is 0 Å². The topological polar surface area (TPSA) is 212 Å². The van der Waals surface area contributed by atoms with E-state index in [0.29, 0.717) is 45.0 Å². The average Bonchev–Trinajstić information content (AvgIpc) is 4.27. The largest absolute Gasteiger partial charge is 0.391 e. The van der Waals surface area contributed by atoms with E-state index in [2.05, 4.69) is 40.6 Å². The van der Waals surface area contributed by atoms with Crippen LogP contribution >= 0.6 is 11.3 Å². The molecule has 6 aromatic rings. The standard InChI is InChI=1S/C56H69FN12O7S/c1-37-52(77-36-61-37)39-15-13-38(14-16-39)32-60-54(73)45-31-42(70)34-68(45)55(74)53(56(2,3)4)63-50(71)19-26-75-28-29-76-27-20-58-51(72)35-65-22-24-66(25-23-65)48-12-6-10-43(62-48)46-33-59-47-17-18-49(64-69(46)47)67-21-7-11-44(67)40-8-5-9-41(57)30-40/h5-6,8-10,12-18,30,33,36,42,44-45,53,70H,7,11,19-29,31-32,34-35H2,1-4H3,(H,58,72)(H,60,73)(H,63,71)/t42-,44-,45+,53-/m1/s1. The quantitative estimate of drug-likeness (QED) is 0.0686. The monoisotopic (exact) mass is 1070 g/mol. The number of hydrogen-bond acceptors (Lipinski definition) is 15. The van der Waals surface area contributed by atoms with Gasteiger partial charge in [0.1, 0.15) is 35.2 Å². The predicted octanol–water partition coefficient (Wildman–Crippen LogP) is 5.17. The lowest BCUT2D eigenvalue weighted by atomic mass is 9.85. The van der Waals surface area contributed by atoms with Gasteiger partial charge in [-0.2, -0.15) is 0 Å². The van der Waals surface area contributed by atoms with Crippen molar-refractivity contribution in [1.82, 2.24) is 50.3 Å². The van der Waals surface area contributed by atoms with E-state index in [4.69, 9.17) is 19.6 Å². The molecule has 0 aliphatic carbocycles. The molecule has 0 unspecified atom stereocenters. The first kappa shape index (κ1) is 54.9. The number of ether oxygens (including phenoxy) is 2. The Hall–Kier alpha value is -6.91. The summed E-state index contributed by atoms with van der Waals surface area (Å²) in [6, 6.07) is 22.7. The van der Waals surface area contributed by atoms with E-state index in [1.165, 1.54) is 11.0 Å². The number of imidazole rings is 1. The molecule has 19 nitrogen and oxygen atoms in total. The van der Waals surface area contributed by atoms with Gasteiger partial charge in [0, 0.05) is 65.2 Å². The second-order valence-corrected chi connectivity index (χ2v) is 21.8. The van der Waals surface area contributed by atoms with Crippen LogP contribution in [-0.2, 0) is 35.2 Å². The molecule has 4 atom stereocenters. The van der Waals surface area contributed by atoms with Crippen LogP contribution in [0.25, 0.3) is 27.5 Å². The highest BCUT2D eigenvalue weighted by Crippen LogP contribution is 2.36. The van der Waals surface area contributed by atoms with Gasteiger partial charge >= 0.3 is 0 Å². The van der Waals surface area contributed by atoms with Crippen LogP contribution in [0.1, 0.15) is 69.3 Å². The van der Waals surface area contributed by atoms with Crippen LogP contribution < -0.4 is 25.8 Å². The van der Waals surface area contributed by atoms with Gasteiger partial charge in [-0.1, -0.05) is 63.2 Å². The zero-order valence-electron chi connectivity index (χ0n) is 44.2. The van der Waals surface area contributed by atoms with Gasteiger partial charge in [-0.25, -0.2) is 23.9 Å². The Balaban J connectivity index is 0.647. The predicted molar refractivity (Wildman–Crippen MR) is 292 cm³/mol. The van der Waals surface area contributed by atoms with E-state index in [1.807, 2.05) is 98.4 Å². The lowest BCUT2D eigenvalue weighted by molar-refractivity contribution is -0.144. The Kier molecular flexibility index (Phi) is 17.8. The van der Waals surface area contributed by atoms with Crippen LogP contribution in [-0.4, -0.2) is 160 Å². The van der Waals surface area contributed by atoms with E-state index in [0.717, 1.165) is 69.7 Å². The number of thiazole rings is 1. The van der Waals surface area contributed by atoms with E-state index in [1.54, 1.807) is 29.7 Å². The summed E-state index contributed by atoms with van der Waals surface area (Å²) in [5, 5.41) is 24.3. The Morgan fingerprint density at radius 1 is 0.870 bits per heavy atom. The van der Waals surface area contributed by atoms with Crippen molar-refractivity contribution in [2.45, 2.75) is 84.2 Å². The molecular formula is C56H69FN12O7S. The smallest absolute Gasteiger partial charge is 0.246 e. The third-order valence-corrected chi connectivity index (χ3v) is 15.3. The number of anilines is 2. The molecule has 3 fully saturated rings. The molecule has 3 saturated heterocycles. The number of carbonyl (C=O) groups is 4. The first-order chi connectivity index (χ1) is 37.2. The van der Waals surface area contributed by atoms with Gasteiger partial charge in [0.2, 0.25) is 23.6 Å². The molecular weight excluding hydrogens is 1000 g/mol. The number of pyridine rings is 1. The molecule has 4 aromatic heterocycles. The molecule has 0 saturated carbocycles. The summed E-state index contributed by atoms with van der Waals surface area (Å²) in [6.45, 7) is 12.8. The van der Waals surface area contributed by atoms with Crippen LogP contribution in [0.5, 0.6) is 0 Å². The molecule has 4 N–H and O–H groups in total. The number of aryl methyl sites for hydroxylation is 1. The maximum Gasteiger partial charge on any atom is 0.246 e. The van der Waals surface area contributed by atoms with Crippen LogP contribution in [0.4, 0.5) is 16.0 Å². The second-order valence-electron chi connectivity index (χ2n) is 20.9. The van der Waals surface area contributed by atoms with Gasteiger partial charge in [-0.15, -0.1) is 16.4 Å². The third kappa shape index (κ3) is 13.8. The highest BCUT2D eigenvalue weighted by molar-refractivity contribution is 7.13. The molecule has 3 aliphatic heterocycles. The van der Waals surface area contributed by atoms with Crippen molar-refractivity contribution in [3.63, 3.8) is 0 Å². The van der Waals surface area contributed by atoms with Gasteiger partial charge < -0.3 is 45.2 Å². The summed E-state index contributed by atoms with van der Waals surface area (Å²) in [4.78, 5) is 76.4. The van der Waals surface area contributed by atoms with Crippen molar-refractivity contribution in [3.05, 3.63) is 113 Å². The normalized spacial score (nSPS) is 18.5. The first-order valence-electron chi connectivity index (χ1n) is 26.5. The summed E-state index contributed by atoms with van der Waals surface area (Å²) in [7, 11) is 0. The number of carbonyl (C=O) groups excluding carboxylic acids is 4. The number of benzene rings is 2. The number of aliphatic hydroxyl groups excluding tert-OH is 1. The third-order valence-electron chi connectivity index (χ3n) is 14.3. The Morgan fingerprint density at radius 3 is 2.40 bits per heavy atom. The van der Waals surface area contributed by atoms with Crippen LogP contribution in [0.3, 0.4) is 0 Å². The van der Waals surface area contributed by atoms with Crippen LogP contribution in [0.15, 0.2) is 90.6 Å². The van der Waals surface area contributed by atoms with Crippen molar-refractivity contribution in [2.75, 3.05) is 88.6 Å². The summed E-state index contributed by atoms with van der Waals surface area (Å²) in [5.74, 6) is 0.124. The highest BCUT2D eigenvalue weighted by atomic mass is 32.1. The molecule has 2 aromatic carbocycles. The minimum Gasteiger partial charge on any atom is -0.391 e. The van der Waals surface area contributed by atoms with Crippen molar-refractivity contribution >= 4 is 52.2 Å². The number of amides is 4.